The van der Waals surface area contributed by atoms with Gasteiger partial charge in [-0.1, -0.05) is 32.9 Å². The topological polar surface area (TPSA) is 29.5 Å². The van der Waals surface area contributed by atoms with E-state index in [9.17, 15) is 13.9 Å². The van der Waals surface area contributed by atoms with Crippen LogP contribution in [0.5, 0.6) is 5.75 Å². The third-order valence-electron chi connectivity index (χ3n) is 3.69. The Labute approximate surface area is 119 Å². The lowest BCUT2D eigenvalue weighted by Gasteiger charge is -2.32. The zero-order valence-corrected chi connectivity index (χ0v) is 12.6. The predicted octanol–water partition coefficient (Wildman–Crippen LogP) is 4.36. The highest BCUT2D eigenvalue weighted by Gasteiger charge is 2.36. The van der Waals surface area contributed by atoms with Crippen LogP contribution in [0, 0.1) is 5.92 Å². The summed E-state index contributed by atoms with van der Waals surface area (Å²) in [5, 5.41) is 10.5. The van der Waals surface area contributed by atoms with Crippen LogP contribution in [0.4, 0.5) is 8.78 Å². The fraction of sp³-hybridized carbons (Fsp3) is 0.625. The highest BCUT2D eigenvalue weighted by atomic mass is 19.3. The Hall–Kier alpha value is -1.16. The standard InChI is InChI=1S/C16H24F2O2/c1-5-12(4)20-14-8-6-13(7-9-14)16(19,11(2)3)10-15(17)18/h6-9,11-12,15,19H,5,10H2,1-4H3. The van der Waals surface area contributed by atoms with Crippen LogP contribution in [0.15, 0.2) is 24.3 Å². The molecule has 0 fully saturated rings. The van der Waals surface area contributed by atoms with E-state index in [0.717, 1.165) is 6.42 Å². The Morgan fingerprint density at radius 2 is 1.70 bits per heavy atom. The number of benzene rings is 1. The quantitative estimate of drug-likeness (QED) is 0.807. The van der Waals surface area contributed by atoms with Gasteiger partial charge in [-0.2, -0.15) is 0 Å². The summed E-state index contributed by atoms with van der Waals surface area (Å²) in [7, 11) is 0. The van der Waals surface area contributed by atoms with Gasteiger partial charge in [-0.05, 0) is 37.0 Å². The molecule has 1 rings (SSSR count). The molecule has 0 saturated carbocycles. The van der Waals surface area contributed by atoms with E-state index < -0.39 is 18.4 Å². The second-order valence-electron chi connectivity index (χ2n) is 5.54. The number of aliphatic hydroxyl groups is 1. The van der Waals surface area contributed by atoms with Gasteiger partial charge in [0.1, 0.15) is 5.75 Å². The molecule has 2 unspecified atom stereocenters. The lowest BCUT2D eigenvalue weighted by Crippen LogP contribution is -2.34. The molecule has 0 heterocycles. The summed E-state index contributed by atoms with van der Waals surface area (Å²) in [6.45, 7) is 7.48. The molecule has 0 aliphatic carbocycles. The first-order chi connectivity index (χ1) is 9.29. The van der Waals surface area contributed by atoms with Crippen molar-refractivity contribution < 1.29 is 18.6 Å². The van der Waals surface area contributed by atoms with Gasteiger partial charge in [0.25, 0.3) is 0 Å². The van der Waals surface area contributed by atoms with Crippen LogP contribution >= 0.6 is 0 Å². The molecule has 1 aromatic rings. The van der Waals surface area contributed by atoms with Crippen molar-refractivity contribution in [3.63, 3.8) is 0 Å². The highest BCUT2D eigenvalue weighted by molar-refractivity contribution is 5.31. The van der Waals surface area contributed by atoms with Crippen LogP contribution in [0.1, 0.15) is 46.1 Å². The summed E-state index contributed by atoms with van der Waals surface area (Å²) < 4.78 is 31.0. The normalized spacial score (nSPS) is 16.2. The monoisotopic (exact) mass is 286 g/mol. The zero-order valence-electron chi connectivity index (χ0n) is 12.6. The smallest absolute Gasteiger partial charge is 0.241 e. The van der Waals surface area contributed by atoms with Gasteiger partial charge in [0, 0.05) is 6.42 Å². The number of ether oxygens (including phenoxy) is 1. The van der Waals surface area contributed by atoms with Gasteiger partial charge in [0.05, 0.1) is 11.7 Å². The van der Waals surface area contributed by atoms with E-state index in [1.807, 2.05) is 13.8 Å². The first kappa shape index (κ1) is 16.9. The molecule has 0 amide bonds. The van der Waals surface area contributed by atoms with Crippen molar-refractivity contribution in [2.45, 2.75) is 58.7 Å². The number of hydrogen-bond donors (Lipinski definition) is 1. The van der Waals surface area contributed by atoms with Gasteiger partial charge in [0.15, 0.2) is 0 Å². The molecule has 4 heteroatoms. The van der Waals surface area contributed by atoms with Crippen molar-refractivity contribution in [3.05, 3.63) is 29.8 Å². The minimum atomic E-state index is -2.54. The third-order valence-corrected chi connectivity index (χ3v) is 3.69. The molecule has 1 N–H and O–H groups in total. The minimum absolute atomic E-state index is 0.103. The van der Waals surface area contributed by atoms with Crippen LogP contribution in [-0.4, -0.2) is 17.6 Å². The fourth-order valence-corrected chi connectivity index (χ4v) is 2.06. The number of rotatable bonds is 7. The average molecular weight is 286 g/mol. The van der Waals surface area contributed by atoms with Gasteiger partial charge in [0.2, 0.25) is 6.43 Å². The van der Waals surface area contributed by atoms with Crippen LogP contribution in [0.2, 0.25) is 0 Å². The molecule has 0 aliphatic rings. The summed E-state index contributed by atoms with van der Waals surface area (Å²) in [5.74, 6) is 0.393. The fourth-order valence-electron chi connectivity index (χ4n) is 2.06. The molecule has 2 atom stereocenters. The van der Waals surface area contributed by atoms with Crippen molar-refractivity contribution >= 4 is 0 Å². The second kappa shape index (κ2) is 7.02. The molecule has 0 saturated heterocycles. The van der Waals surface area contributed by atoms with E-state index in [2.05, 4.69) is 0 Å². The summed E-state index contributed by atoms with van der Waals surface area (Å²) in [5.41, 5.74) is -1.01. The summed E-state index contributed by atoms with van der Waals surface area (Å²) in [6.07, 6.45) is -2.11. The molecular formula is C16H24F2O2. The molecule has 0 spiro atoms. The van der Waals surface area contributed by atoms with E-state index in [-0.39, 0.29) is 12.0 Å². The second-order valence-corrected chi connectivity index (χ2v) is 5.54. The van der Waals surface area contributed by atoms with E-state index >= 15 is 0 Å². The average Bonchev–Trinajstić information content (AvgIpc) is 2.38. The highest BCUT2D eigenvalue weighted by Crippen LogP contribution is 2.36. The predicted molar refractivity (Wildman–Crippen MR) is 76.2 cm³/mol. The van der Waals surface area contributed by atoms with Crippen LogP contribution < -0.4 is 4.74 Å². The third kappa shape index (κ3) is 4.17. The van der Waals surface area contributed by atoms with Gasteiger partial charge in [-0.25, -0.2) is 8.78 Å². The van der Waals surface area contributed by atoms with Crippen LogP contribution in [0.25, 0.3) is 0 Å². The molecule has 20 heavy (non-hydrogen) atoms. The molecule has 2 nitrogen and oxygen atoms in total. The van der Waals surface area contributed by atoms with Crippen molar-refractivity contribution in [1.29, 1.82) is 0 Å². The van der Waals surface area contributed by atoms with E-state index in [4.69, 9.17) is 4.74 Å². The van der Waals surface area contributed by atoms with E-state index in [0.29, 0.717) is 11.3 Å². The number of halogens is 2. The first-order valence-electron chi connectivity index (χ1n) is 7.07. The van der Waals surface area contributed by atoms with Crippen molar-refractivity contribution in [2.75, 3.05) is 0 Å². The molecule has 0 radical (unpaired) electrons. The largest absolute Gasteiger partial charge is 0.491 e. The SMILES string of the molecule is CCC(C)Oc1ccc(C(O)(CC(F)F)C(C)C)cc1. The molecule has 0 aromatic heterocycles. The molecule has 0 aliphatic heterocycles. The molecule has 114 valence electrons. The lowest BCUT2D eigenvalue weighted by atomic mass is 9.81. The maximum absolute atomic E-state index is 12.7. The van der Waals surface area contributed by atoms with Crippen molar-refractivity contribution in [1.82, 2.24) is 0 Å². The van der Waals surface area contributed by atoms with Crippen molar-refractivity contribution in [2.24, 2.45) is 5.92 Å². The first-order valence-corrected chi connectivity index (χ1v) is 7.07. The number of alkyl halides is 2. The number of hydrogen-bond acceptors (Lipinski definition) is 2. The molecule has 1 aromatic carbocycles. The van der Waals surface area contributed by atoms with E-state index in [1.165, 1.54) is 0 Å². The summed E-state index contributed by atoms with van der Waals surface area (Å²) >= 11 is 0. The maximum Gasteiger partial charge on any atom is 0.241 e. The zero-order chi connectivity index (χ0) is 15.3. The Bertz CT molecular complexity index is 403. The Balaban J connectivity index is 2.94. The van der Waals surface area contributed by atoms with Crippen molar-refractivity contribution in [3.8, 4) is 5.75 Å². The van der Waals surface area contributed by atoms with E-state index in [1.54, 1.807) is 38.1 Å². The van der Waals surface area contributed by atoms with Crippen LogP contribution in [0.3, 0.4) is 0 Å². The maximum atomic E-state index is 12.7. The summed E-state index contributed by atoms with van der Waals surface area (Å²) in [6, 6.07) is 6.78. The summed E-state index contributed by atoms with van der Waals surface area (Å²) in [4.78, 5) is 0. The Kier molecular flexibility index (Phi) is 5.93. The van der Waals surface area contributed by atoms with Crippen LogP contribution in [-0.2, 0) is 5.60 Å². The van der Waals surface area contributed by atoms with Gasteiger partial charge < -0.3 is 9.84 Å². The Morgan fingerprint density at radius 3 is 2.10 bits per heavy atom. The van der Waals surface area contributed by atoms with Gasteiger partial charge in [-0.15, -0.1) is 0 Å². The minimum Gasteiger partial charge on any atom is -0.491 e. The van der Waals surface area contributed by atoms with Gasteiger partial charge in [-0.3, -0.25) is 0 Å². The van der Waals surface area contributed by atoms with Gasteiger partial charge >= 0.3 is 0 Å². The lowest BCUT2D eigenvalue weighted by molar-refractivity contribution is -0.0606. The molecule has 0 bridgehead atoms. The Morgan fingerprint density at radius 1 is 1.15 bits per heavy atom. The molecular weight excluding hydrogens is 262 g/mol.